The minimum absolute atomic E-state index is 0.321. The number of esters is 1. The van der Waals surface area contributed by atoms with Crippen LogP contribution < -0.4 is 0 Å². The number of hydrogen-bond donors (Lipinski definition) is 0. The minimum atomic E-state index is -1.49. The molecule has 0 N–H and O–H groups in total. The summed E-state index contributed by atoms with van der Waals surface area (Å²) in [4.78, 5) is 11.2. The fourth-order valence-electron chi connectivity index (χ4n) is 1.59. The Morgan fingerprint density at radius 1 is 1.17 bits per heavy atom. The third-order valence-electron chi connectivity index (χ3n) is 2.63. The molecule has 1 aromatic carbocycles. The van der Waals surface area contributed by atoms with E-state index in [1.165, 1.54) is 14.2 Å². The quantitative estimate of drug-likeness (QED) is 0.433. The van der Waals surface area contributed by atoms with E-state index in [1.807, 2.05) is 12.1 Å². The smallest absolute Gasteiger partial charge is 0.465 e. The molecule has 4 nitrogen and oxygen atoms in total. The maximum atomic E-state index is 11.2. The first-order chi connectivity index (χ1) is 8.67. The Morgan fingerprint density at radius 3 is 2.39 bits per heavy atom. The monoisotopic (exact) mass is 269 g/mol. The summed E-state index contributed by atoms with van der Waals surface area (Å²) in [6, 6.07) is 7.36. The second kappa shape index (κ2) is 7.96. The van der Waals surface area contributed by atoms with E-state index >= 15 is 0 Å². The summed E-state index contributed by atoms with van der Waals surface area (Å²) in [5.74, 6) is -0.321. The first-order valence-electron chi connectivity index (χ1n) is 5.83. The molecule has 18 heavy (non-hydrogen) atoms. The molecule has 0 aromatic heterocycles. The van der Waals surface area contributed by atoms with Crippen LogP contribution >= 0.6 is 8.03 Å². The van der Waals surface area contributed by atoms with Gasteiger partial charge in [0.15, 0.2) is 6.16 Å². The van der Waals surface area contributed by atoms with Crippen molar-refractivity contribution < 1.29 is 18.6 Å². The van der Waals surface area contributed by atoms with Crippen LogP contribution in [0.4, 0.5) is 0 Å². The van der Waals surface area contributed by atoms with Gasteiger partial charge in [-0.25, -0.2) is 4.79 Å². The molecule has 5 heteroatoms. The van der Waals surface area contributed by atoms with Gasteiger partial charge < -0.3 is 4.74 Å². The molecule has 0 spiro atoms. The summed E-state index contributed by atoms with van der Waals surface area (Å²) in [5.41, 5.74) is 1.72. The molecule has 0 radical (unpaired) electrons. The van der Waals surface area contributed by atoms with Crippen molar-refractivity contribution in [2.24, 2.45) is 0 Å². The van der Waals surface area contributed by atoms with Gasteiger partial charge in [0.1, 0.15) is 0 Å². The highest BCUT2D eigenvalue weighted by atomic mass is 31.1. The van der Waals surface area contributed by atoms with Gasteiger partial charge in [-0.2, -0.15) is 0 Å². The molecule has 0 aliphatic heterocycles. The number of aryl methyl sites for hydroxylation is 1. The Kier molecular flexibility index (Phi) is 6.55. The first-order valence-corrected chi connectivity index (χ1v) is 7.19. The number of unbranched alkanes of at least 4 members (excludes halogenated alkanes) is 1. The molecule has 1 rings (SSSR count). The third kappa shape index (κ3) is 4.94. The van der Waals surface area contributed by atoms with Crippen LogP contribution in [-0.4, -0.2) is 26.4 Å². The minimum Gasteiger partial charge on any atom is -0.465 e. The fourth-order valence-corrected chi connectivity index (χ4v) is 2.25. The average molecular weight is 269 g/mol. The van der Waals surface area contributed by atoms with Gasteiger partial charge in [0.2, 0.25) is 0 Å². The van der Waals surface area contributed by atoms with Crippen molar-refractivity contribution in [2.45, 2.75) is 19.3 Å². The van der Waals surface area contributed by atoms with Gasteiger partial charge in [-0.15, -0.1) is 4.52 Å². The molecule has 0 amide bonds. The van der Waals surface area contributed by atoms with Gasteiger partial charge in [-0.05, 0) is 41.5 Å². The van der Waals surface area contributed by atoms with Crippen LogP contribution in [0.3, 0.4) is 0 Å². The van der Waals surface area contributed by atoms with Crippen LogP contribution in [0.25, 0.3) is 0 Å². The molecule has 0 saturated heterocycles. The van der Waals surface area contributed by atoms with Crippen molar-refractivity contribution in [3.8, 4) is 0 Å². The summed E-state index contributed by atoms with van der Waals surface area (Å²) >= 11 is 0. The van der Waals surface area contributed by atoms with E-state index in [0.717, 1.165) is 24.8 Å². The second-order valence-corrected chi connectivity index (χ2v) is 5.36. The van der Waals surface area contributed by atoms with Crippen molar-refractivity contribution >= 4 is 14.0 Å². The zero-order valence-electron chi connectivity index (χ0n) is 10.7. The molecule has 1 aromatic rings. The zero-order valence-corrected chi connectivity index (χ0v) is 11.6. The maximum absolute atomic E-state index is 11.2. The van der Waals surface area contributed by atoms with Crippen molar-refractivity contribution in [3.05, 3.63) is 35.4 Å². The molecule has 1 atom stereocenters. The summed E-state index contributed by atoms with van der Waals surface area (Å²) in [6.45, 7) is 0. The number of ether oxygens (including phenoxy) is 1. The molecule has 0 aliphatic rings. The predicted molar refractivity (Wildman–Crippen MR) is 70.2 cm³/mol. The second-order valence-electron chi connectivity index (χ2n) is 3.88. The zero-order chi connectivity index (χ0) is 13.4. The summed E-state index contributed by atoms with van der Waals surface area (Å²) in [5, 5.41) is 0. The van der Waals surface area contributed by atoms with Crippen LogP contribution in [0, 0.1) is 0 Å². The topological polar surface area (TPSA) is 52.6 Å². The predicted octanol–water partition coefficient (Wildman–Crippen LogP) is 3.18. The molecular formula is C13H18O4P+. The van der Waals surface area contributed by atoms with Crippen molar-refractivity contribution in [3.63, 3.8) is 0 Å². The molecule has 0 heterocycles. The Morgan fingerprint density at radius 2 is 1.83 bits per heavy atom. The molecular weight excluding hydrogens is 251 g/mol. The van der Waals surface area contributed by atoms with E-state index in [0.29, 0.717) is 11.7 Å². The standard InChI is InChI=1S/C13H18O4P/c1-16-13(14)12-8-6-11(7-9-12)5-3-4-10-18(15)17-2/h6-9H,3-5,10H2,1-2H3/q+1. The van der Waals surface area contributed by atoms with Gasteiger partial charge in [0.25, 0.3) is 0 Å². The number of carbonyl (C=O) groups is 1. The lowest BCUT2D eigenvalue weighted by Gasteiger charge is -2.02. The van der Waals surface area contributed by atoms with E-state index in [4.69, 9.17) is 4.52 Å². The Hall–Kier alpha value is -1.25. The lowest BCUT2D eigenvalue weighted by atomic mass is 10.1. The number of rotatable bonds is 7. The van der Waals surface area contributed by atoms with Crippen molar-refractivity contribution in [1.82, 2.24) is 0 Å². The van der Waals surface area contributed by atoms with Crippen LogP contribution in [0.15, 0.2) is 24.3 Å². The Labute approximate surface area is 108 Å². The van der Waals surface area contributed by atoms with Crippen LogP contribution in [0.2, 0.25) is 0 Å². The lowest BCUT2D eigenvalue weighted by molar-refractivity contribution is 0.0600. The number of methoxy groups -OCH3 is 1. The van der Waals surface area contributed by atoms with Gasteiger partial charge in [-0.1, -0.05) is 12.1 Å². The molecule has 0 bridgehead atoms. The maximum Gasteiger partial charge on any atom is 0.507 e. The summed E-state index contributed by atoms with van der Waals surface area (Å²) in [6.07, 6.45) is 3.35. The number of carbonyl (C=O) groups excluding carboxylic acids is 1. The van der Waals surface area contributed by atoms with Crippen LogP contribution in [0.1, 0.15) is 28.8 Å². The van der Waals surface area contributed by atoms with Crippen molar-refractivity contribution in [1.29, 1.82) is 0 Å². The first kappa shape index (κ1) is 14.8. The molecule has 0 aliphatic carbocycles. The highest BCUT2D eigenvalue weighted by Gasteiger charge is 2.12. The molecule has 98 valence electrons. The van der Waals surface area contributed by atoms with E-state index in [9.17, 15) is 9.36 Å². The van der Waals surface area contributed by atoms with Crippen LogP contribution in [-0.2, 0) is 20.2 Å². The highest BCUT2D eigenvalue weighted by Crippen LogP contribution is 2.22. The Balaban J connectivity index is 2.35. The number of benzene rings is 1. The fraction of sp³-hybridized carbons (Fsp3) is 0.462. The summed E-state index contributed by atoms with van der Waals surface area (Å²) < 4.78 is 20.4. The highest BCUT2D eigenvalue weighted by molar-refractivity contribution is 7.39. The lowest BCUT2D eigenvalue weighted by Crippen LogP contribution is -2.00. The normalized spacial score (nSPS) is 11.1. The molecule has 0 fully saturated rings. The SMILES string of the molecule is COC(=O)c1ccc(CCCC[P+](=O)OC)cc1. The van der Waals surface area contributed by atoms with E-state index in [-0.39, 0.29) is 5.97 Å². The summed E-state index contributed by atoms with van der Waals surface area (Å²) in [7, 11) is 1.34. The van der Waals surface area contributed by atoms with Gasteiger partial charge >= 0.3 is 14.0 Å². The molecule has 1 unspecified atom stereocenters. The van der Waals surface area contributed by atoms with Crippen LogP contribution in [0.5, 0.6) is 0 Å². The number of hydrogen-bond acceptors (Lipinski definition) is 4. The molecule has 0 saturated carbocycles. The largest absolute Gasteiger partial charge is 0.507 e. The van der Waals surface area contributed by atoms with Gasteiger partial charge in [0, 0.05) is 0 Å². The Bertz CT molecular complexity index is 400. The van der Waals surface area contributed by atoms with E-state index in [1.54, 1.807) is 12.1 Å². The van der Waals surface area contributed by atoms with Gasteiger partial charge in [0.05, 0.1) is 19.8 Å². The van der Waals surface area contributed by atoms with Crippen molar-refractivity contribution in [2.75, 3.05) is 20.4 Å². The van der Waals surface area contributed by atoms with E-state index in [2.05, 4.69) is 4.74 Å². The van der Waals surface area contributed by atoms with E-state index < -0.39 is 8.03 Å². The third-order valence-corrected chi connectivity index (χ3v) is 3.72. The van der Waals surface area contributed by atoms with Gasteiger partial charge in [-0.3, -0.25) is 0 Å². The average Bonchev–Trinajstić information content (AvgIpc) is 2.43.